The van der Waals surface area contributed by atoms with E-state index in [1.807, 2.05) is 37.3 Å². The Morgan fingerprint density at radius 1 is 0.929 bits per heavy atom. The normalized spacial score (nSPS) is 16.2. The molecule has 2 heterocycles. The number of para-hydroxylation sites is 1. The topological polar surface area (TPSA) is 89.0 Å². The number of anilines is 1. The Kier molecular flexibility index (Phi) is 7.65. The maximum Gasteiger partial charge on any atom is 0.301 e. The Morgan fingerprint density at radius 3 is 2.45 bits per heavy atom. The van der Waals surface area contributed by atoms with Gasteiger partial charge in [-0.3, -0.25) is 14.5 Å². The van der Waals surface area contributed by atoms with Crippen LogP contribution in [-0.4, -0.2) is 28.4 Å². The molecule has 6 rings (SSSR count). The van der Waals surface area contributed by atoms with Crippen molar-refractivity contribution in [3.63, 3.8) is 0 Å². The van der Waals surface area contributed by atoms with Gasteiger partial charge in [0.1, 0.15) is 23.0 Å². The average Bonchev–Trinajstić information content (AvgIpc) is 3.54. The zero-order chi connectivity index (χ0) is 29.2. The van der Waals surface area contributed by atoms with Gasteiger partial charge in [-0.1, -0.05) is 60.2 Å². The first-order valence-electron chi connectivity index (χ1n) is 13.4. The van der Waals surface area contributed by atoms with Crippen LogP contribution < -0.4 is 14.4 Å². The number of nitrogens with zero attached hydrogens (tertiary/aromatic N) is 2. The van der Waals surface area contributed by atoms with E-state index in [1.165, 1.54) is 16.2 Å². The molecular formula is C33H25ClN2O5S. The van der Waals surface area contributed by atoms with Gasteiger partial charge in [0.25, 0.3) is 5.78 Å². The van der Waals surface area contributed by atoms with Crippen molar-refractivity contribution in [2.24, 2.45) is 0 Å². The van der Waals surface area contributed by atoms with Crippen molar-refractivity contribution in [3.8, 4) is 17.2 Å². The zero-order valence-electron chi connectivity index (χ0n) is 22.5. The molecule has 1 aliphatic heterocycles. The summed E-state index contributed by atoms with van der Waals surface area (Å²) in [6, 6.07) is 27.5. The summed E-state index contributed by atoms with van der Waals surface area (Å²) in [6.45, 7) is 2.57. The molecule has 1 aromatic heterocycles. The summed E-state index contributed by atoms with van der Waals surface area (Å²) in [4.78, 5) is 33.3. The van der Waals surface area contributed by atoms with E-state index < -0.39 is 17.7 Å². The highest BCUT2D eigenvalue weighted by atomic mass is 35.5. The first kappa shape index (κ1) is 27.5. The largest absolute Gasteiger partial charge is 0.507 e. The van der Waals surface area contributed by atoms with Crippen LogP contribution in [0.2, 0.25) is 5.02 Å². The van der Waals surface area contributed by atoms with Gasteiger partial charge < -0.3 is 14.6 Å². The highest BCUT2D eigenvalue weighted by Crippen LogP contribution is 2.45. The molecule has 1 saturated heterocycles. The monoisotopic (exact) mass is 596 g/mol. The lowest BCUT2D eigenvalue weighted by Crippen LogP contribution is -2.29. The van der Waals surface area contributed by atoms with Crippen LogP contribution in [0.25, 0.3) is 16.0 Å². The van der Waals surface area contributed by atoms with E-state index in [1.54, 1.807) is 66.7 Å². The van der Waals surface area contributed by atoms with Gasteiger partial charge in [-0.2, -0.15) is 0 Å². The molecule has 1 fully saturated rings. The van der Waals surface area contributed by atoms with Crippen LogP contribution in [0, 0.1) is 0 Å². The summed E-state index contributed by atoms with van der Waals surface area (Å²) >= 11 is 7.44. The van der Waals surface area contributed by atoms with Gasteiger partial charge >= 0.3 is 5.91 Å². The summed E-state index contributed by atoms with van der Waals surface area (Å²) in [5.41, 5.74) is 1.55. The summed E-state index contributed by atoms with van der Waals surface area (Å²) in [5, 5.41) is 12.4. The van der Waals surface area contributed by atoms with Gasteiger partial charge in [-0.15, -0.1) is 0 Å². The molecule has 210 valence electrons. The lowest BCUT2D eigenvalue weighted by molar-refractivity contribution is -0.132. The van der Waals surface area contributed by atoms with Crippen molar-refractivity contribution in [2.75, 3.05) is 11.5 Å². The third kappa shape index (κ3) is 5.34. The quantitative estimate of drug-likeness (QED) is 0.110. The fourth-order valence-corrected chi connectivity index (χ4v) is 6.06. The third-order valence-electron chi connectivity index (χ3n) is 6.74. The highest BCUT2D eigenvalue weighted by molar-refractivity contribution is 7.22. The first-order valence-corrected chi connectivity index (χ1v) is 14.6. The molecule has 0 spiro atoms. The Bertz CT molecular complexity index is 1820. The number of rotatable bonds is 8. The number of hydrogen-bond donors (Lipinski definition) is 1. The number of carbonyl (C=O) groups is 2. The predicted molar refractivity (Wildman–Crippen MR) is 165 cm³/mol. The number of benzene rings is 4. The standard InChI is InChI=1S/C33H25ClN2O5S/c1-2-17-40-23-14-11-20(12-15-23)30(37)28-29(21-7-6-10-25(18-21)41-24-8-4-3-5-9-24)36(32(39)31(28)38)33-35-26-16-13-22(34)19-27(26)42-33/h3-16,18-19,29,37H,2,17H2,1H3/b30-28+. The van der Waals surface area contributed by atoms with Crippen LogP contribution in [0.15, 0.2) is 103 Å². The molecule has 0 saturated carbocycles. The predicted octanol–water partition coefficient (Wildman–Crippen LogP) is 8.16. The van der Waals surface area contributed by atoms with Crippen molar-refractivity contribution >= 4 is 55.7 Å². The molecule has 0 bridgehead atoms. The average molecular weight is 597 g/mol. The number of fused-ring (bicyclic) bond motifs is 1. The van der Waals surface area contributed by atoms with Gasteiger partial charge in [0.15, 0.2) is 5.13 Å². The van der Waals surface area contributed by atoms with Crippen LogP contribution in [0.3, 0.4) is 0 Å². The molecule has 42 heavy (non-hydrogen) atoms. The minimum atomic E-state index is -0.962. The molecule has 0 aliphatic carbocycles. The smallest absolute Gasteiger partial charge is 0.301 e. The van der Waals surface area contributed by atoms with E-state index in [0.717, 1.165) is 11.1 Å². The van der Waals surface area contributed by atoms with E-state index >= 15 is 0 Å². The number of halogens is 1. The van der Waals surface area contributed by atoms with E-state index in [2.05, 4.69) is 4.98 Å². The van der Waals surface area contributed by atoms with Crippen LogP contribution in [0.1, 0.15) is 30.5 Å². The van der Waals surface area contributed by atoms with Gasteiger partial charge in [0.2, 0.25) is 0 Å². The van der Waals surface area contributed by atoms with Gasteiger partial charge in [0.05, 0.1) is 28.4 Å². The minimum absolute atomic E-state index is 0.0450. The molecule has 7 nitrogen and oxygen atoms in total. The molecule has 4 aromatic carbocycles. The maximum absolute atomic E-state index is 13.6. The molecule has 1 amide bonds. The number of amides is 1. The first-order chi connectivity index (χ1) is 20.4. The number of ether oxygens (including phenoxy) is 2. The van der Waals surface area contributed by atoms with Crippen molar-refractivity contribution in [2.45, 2.75) is 19.4 Å². The fraction of sp³-hybridized carbons (Fsp3) is 0.121. The number of ketones is 1. The van der Waals surface area contributed by atoms with E-state index in [9.17, 15) is 14.7 Å². The Balaban J connectivity index is 1.48. The number of hydrogen-bond acceptors (Lipinski definition) is 7. The van der Waals surface area contributed by atoms with Gasteiger partial charge in [-0.25, -0.2) is 4.98 Å². The molecule has 1 aliphatic rings. The van der Waals surface area contributed by atoms with Crippen molar-refractivity contribution in [1.29, 1.82) is 0 Å². The summed E-state index contributed by atoms with van der Waals surface area (Å²) in [7, 11) is 0. The van der Waals surface area contributed by atoms with Gasteiger partial charge in [0, 0.05) is 10.6 Å². The van der Waals surface area contributed by atoms with Crippen LogP contribution in [0.4, 0.5) is 5.13 Å². The van der Waals surface area contributed by atoms with Crippen molar-refractivity contribution < 1.29 is 24.2 Å². The summed E-state index contributed by atoms with van der Waals surface area (Å²) < 4.78 is 12.5. The van der Waals surface area contributed by atoms with Crippen LogP contribution in [0.5, 0.6) is 17.2 Å². The fourth-order valence-electron chi connectivity index (χ4n) is 4.79. The Labute approximate surface area is 251 Å². The van der Waals surface area contributed by atoms with Gasteiger partial charge in [-0.05, 0) is 78.7 Å². The van der Waals surface area contributed by atoms with Crippen molar-refractivity contribution in [1.82, 2.24) is 4.98 Å². The zero-order valence-corrected chi connectivity index (χ0v) is 24.1. The summed E-state index contributed by atoms with van der Waals surface area (Å²) in [5.74, 6) is -0.0971. The number of aliphatic hydroxyl groups excluding tert-OH is 1. The van der Waals surface area contributed by atoms with E-state index in [0.29, 0.717) is 50.7 Å². The molecule has 1 atom stereocenters. The van der Waals surface area contributed by atoms with Crippen LogP contribution in [-0.2, 0) is 9.59 Å². The maximum atomic E-state index is 13.6. The SMILES string of the molecule is CCCOc1ccc(/C(O)=C2\C(=O)C(=O)N(c3nc4ccc(Cl)cc4s3)C2c2cccc(Oc3ccccc3)c2)cc1. The molecule has 9 heteroatoms. The molecule has 1 unspecified atom stereocenters. The van der Waals surface area contributed by atoms with E-state index in [4.69, 9.17) is 21.1 Å². The third-order valence-corrected chi connectivity index (χ3v) is 8.00. The number of Topliss-reactive ketones (excluding diaryl/α,β-unsaturated/α-hetero) is 1. The minimum Gasteiger partial charge on any atom is -0.507 e. The second-order valence-electron chi connectivity index (χ2n) is 9.64. The second kappa shape index (κ2) is 11.7. The Hall–Kier alpha value is -4.66. The number of aliphatic hydroxyl groups is 1. The summed E-state index contributed by atoms with van der Waals surface area (Å²) in [6.07, 6.45) is 0.857. The number of thiazole rings is 1. The molecule has 0 radical (unpaired) electrons. The van der Waals surface area contributed by atoms with Crippen molar-refractivity contribution in [3.05, 3.63) is 119 Å². The second-order valence-corrected chi connectivity index (χ2v) is 11.1. The lowest BCUT2D eigenvalue weighted by Gasteiger charge is -2.23. The molecule has 1 N–H and O–H groups in total. The molecule has 5 aromatic rings. The highest BCUT2D eigenvalue weighted by Gasteiger charge is 2.48. The number of carbonyl (C=O) groups excluding carboxylic acids is 2. The number of aromatic nitrogens is 1. The van der Waals surface area contributed by atoms with E-state index in [-0.39, 0.29) is 11.3 Å². The molecular weight excluding hydrogens is 572 g/mol. The van der Waals surface area contributed by atoms with Crippen LogP contribution >= 0.6 is 22.9 Å². The Morgan fingerprint density at radius 2 is 1.69 bits per heavy atom. The lowest BCUT2D eigenvalue weighted by atomic mass is 9.95.